The van der Waals surface area contributed by atoms with E-state index in [9.17, 15) is 0 Å². The number of pyridine rings is 1. The van der Waals surface area contributed by atoms with Gasteiger partial charge in [-0.15, -0.1) is 0 Å². The minimum atomic E-state index is 0.324. The molecule has 5 nitrogen and oxygen atoms in total. The number of anilines is 1. The zero-order valence-electron chi connectivity index (χ0n) is 10.9. The van der Waals surface area contributed by atoms with Crippen LogP contribution in [0.25, 0.3) is 0 Å². The van der Waals surface area contributed by atoms with Crippen LogP contribution < -0.4 is 10.1 Å². The summed E-state index contributed by atoms with van der Waals surface area (Å²) in [7, 11) is 3.54. The third-order valence-electron chi connectivity index (χ3n) is 2.66. The molecule has 0 aliphatic carbocycles. The normalized spacial score (nSPS) is 12.2. The van der Waals surface area contributed by atoms with E-state index in [0.29, 0.717) is 11.9 Å². The van der Waals surface area contributed by atoms with E-state index in [2.05, 4.69) is 22.3 Å². The molecule has 0 saturated heterocycles. The summed E-state index contributed by atoms with van der Waals surface area (Å²) < 4.78 is 6.84. The Labute approximate surface area is 107 Å². The zero-order chi connectivity index (χ0) is 13.0. The van der Waals surface area contributed by atoms with E-state index in [1.165, 1.54) is 5.56 Å². The second-order valence-electron chi connectivity index (χ2n) is 4.36. The molecule has 1 N–H and O–H groups in total. The Morgan fingerprint density at radius 1 is 1.39 bits per heavy atom. The third-order valence-corrected chi connectivity index (χ3v) is 2.66. The van der Waals surface area contributed by atoms with Gasteiger partial charge in [0.25, 0.3) is 0 Å². The number of methoxy groups -OCH3 is 1. The average Bonchev–Trinajstić information content (AvgIpc) is 2.75. The molecular formula is C13H18N4O. The number of hydrogen-bond acceptors (Lipinski definition) is 4. The Hall–Kier alpha value is -2.04. The summed E-state index contributed by atoms with van der Waals surface area (Å²) in [6.07, 6.45) is 6.63. The van der Waals surface area contributed by atoms with Crippen LogP contribution in [-0.4, -0.2) is 27.9 Å². The lowest BCUT2D eigenvalue weighted by Gasteiger charge is -2.14. The van der Waals surface area contributed by atoms with E-state index in [1.807, 2.05) is 36.3 Å². The van der Waals surface area contributed by atoms with Gasteiger partial charge in [-0.05, 0) is 25.0 Å². The van der Waals surface area contributed by atoms with Gasteiger partial charge in [0.15, 0.2) is 0 Å². The van der Waals surface area contributed by atoms with E-state index in [1.54, 1.807) is 13.3 Å². The Morgan fingerprint density at radius 3 is 2.78 bits per heavy atom. The maximum Gasteiger partial charge on any atom is 0.213 e. The molecule has 5 heteroatoms. The predicted molar refractivity (Wildman–Crippen MR) is 70.8 cm³/mol. The van der Waals surface area contributed by atoms with Crippen LogP contribution in [0.2, 0.25) is 0 Å². The second-order valence-corrected chi connectivity index (χ2v) is 4.36. The molecule has 0 aliphatic heterocycles. The molecule has 0 aromatic carbocycles. The number of nitrogens with one attached hydrogen (secondary N) is 1. The summed E-state index contributed by atoms with van der Waals surface area (Å²) in [6, 6.07) is 4.13. The fourth-order valence-corrected chi connectivity index (χ4v) is 1.85. The van der Waals surface area contributed by atoms with E-state index < -0.39 is 0 Å². The van der Waals surface area contributed by atoms with E-state index in [-0.39, 0.29) is 0 Å². The first kappa shape index (κ1) is 12.4. The molecule has 0 amide bonds. The van der Waals surface area contributed by atoms with Gasteiger partial charge < -0.3 is 10.1 Å². The molecule has 2 aromatic heterocycles. The van der Waals surface area contributed by atoms with Crippen LogP contribution in [0.1, 0.15) is 12.5 Å². The predicted octanol–water partition coefficient (Wildman–Crippen LogP) is 1.87. The van der Waals surface area contributed by atoms with Gasteiger partial charge in [0, 0.05) is 25.4 Å². The topological polar surface area (TPSA) is 52.0 Å². The zero-order valence-corrected chi connectivity index (χ0v) is 10.9. The van der Waals surface area contributed by atoms with Crippen molar-refractivity contribution in [2.45, 2.75) is 19.4 Å². The van der Waals surface area contributed by atoms with Crippen LogP contribution in [0.4, 0.5) is 5.69 Å². The van der Waals surface area contributed by atoms with Gasteiger partial charge in [-0.2, -0.15) is 5.10 Å². The lowest BCUT2D eigenvalue weighted by molar-refractivity contribution is 0.398. The number of nitrogens with zero attached hydrogens (tertiary/aromatic N) is 3. The van der Waals surface area contributed by atoms with Crippen molar-refractivity contribution in [2.24, 2.45) is 7.05 Å². The molecule has 0 bridgehead atoms. The maximum atomic E-state index is 5.02. The number of hydrogen-bond donors (Lipinski definition) is 1. The molecule has 1 unspecified atom stereocenters. The van der Waals surface area contributed by atoms with Crippen molar-refractivity contribution in [1.29, 1.82) is 0 Å². The molecule has 0 saturated carbocycles. The molecule has 1 atom stereocenters. The maximum absolute atomic E-state index is 5.02. The summed E-state index contributed by atoms with van der Waals surface area (Å²) in [5, 5.41) is 7.56. The molecule has 2 rings (SSSR count). The Kier molecular flexibility index (Phi) is 3.82. The first-order chi connectivity index (χ1) is 8.67. The summed E-state index contributed by atoms with van der Waals surface area (Å²) in [4.78, 5) is 4.16. The molecular weight excluding hydrogens is 228 g/mol. The van der Waals surface area contributed by atoms with Gasteiger partial charge in [0.05, 0.1) is 25.2 Å². The fourth-order valence-electron chi connectivity index (χ4n) is 1.85. The van der Waals surface area contributed by atoms with Crippen molar-refractivity contribution in [1.82, 2.24) is 14.8 Å². The van der Waals surface area contributed by atoms with Gasteiger partial charge >= 0.3 is 0 Å². The number of aryl methyl sites for hydroxylation is 1. The molecule has 2 aromatic rings. The highest BCUT2D eigenvalue weighted by Crippen LogP contribution is 2.13. The van der Waals surface area contributed by atoms with E-state index in [0.717, 1.165) is 12.1 Å². The molecule has 0 aliphatic rings. The number of rotatable bonds is 5. The highest BCUT2D eigenvalue weighted by atomic mass is 16.5. The summed E-state index contributed by atoms with van der Waals surface area (Å²) in [5.41, 5.74) is 2.21. The average molecular weight is 246 g/mol. The van der Waals surface area contributed by atoms with Crippen molar-refractivity contribution >= 4 is 5.69 Å². The van der Waals surface area contributed by atoms with Gasteiger partial charge in [-0.3, -0.25) is 4.68 Å². The molecule has 96 valence electrons. The van der Waals surface area contributed by atoms with Crippen LogP contribution in [0, 0.1) is 0 Å². The minimum Gasteiger partial charge on any atom is -0.481 e. The van der Waals surface area contributed by atoms with E-state index >= 15 is 0 Å². The quantitative estimate of drug-likeness (QED) is 0.875. The van der Waals surface area contributed by atoms with Crippen LogP contribution in [0.3, 0.4) is 0 Å². The standard InChI is InChI=1S/C13H18N4O/c1-10(6-11-7-15-17(2)9-11)16-12-4-5-13(18-3)14-8-12/h4-5,7-10,16H,6H2,1-3H3. The van der Waals surface area contributed by atoms with Crippen molar-refractivity contribution in [2.75, 3.05) is 12.4 Å². The van der Waals surface area contributed by atoms with Crippen molar-refractivity contribution in [3.8, 4) is 5.88 Å². The van der Waals surface area contributed by atoms with Crippen LogP contribution in [0.5, 0.6) is 5.88 Å². The summed E-state index contributed by atoms with van der Waals surface area (Å²) >= 11 is 0. The SMILES string of the molecule is COc1ccc(NC(C)Cc2cnn(C)c2)cn1. The lowest BCUT2D eigenvalue weighted by atomic mass is 10.1. The van der Waals surface area contributed by atoms with Crippen molar-refractivity contribution in [3.05, 3.63) is 36.3 Å². The van der Waals surface area contributed by atoms with Crippen LogP contribution >= 0.6 is 0 Å². The monoisotopic (exact) mass is 246 g/mol. The summed E-state index contributed by atoms with van der Waals surface area (Å²) in [6.45, 7) is 2.14. The number of ether oxygens (including phenoxy) is 1. The number of aromatic nitrogens is 3. The van der Waals surface area contributed by atoms with Gasteiger partial charge in [0.1, 0.15) is 0 Å². The van der Waals surface area contributed by atoms with Gasteiger partial charge in [-0.1, -0.05) is 0 Å². The Bertz CT molecular complexity index is 492. The van der Waals surface area contributed by atoms with E-state index in [4.69, 9.17) is 4.74 Å². The molecule has 0 spiro atoms. The van der Waals surface area contributed by atoms with Gasteiger partial charge in [-0.25, -0.2) is 4.98 Å². The summed E-state index contributed by atoms with van der Waals surface area (Å²) in [5.74, 6) is 0.625. The smallest absolute Gasteiger partial charge is 0.213 e. The Balaban J connectivity index is 1.91. The Morgan fingerprint density at radius 2 is 2.22 bits per heavy atom. The first-order valence-corrected chi connectivity index (χ1v) is 5.91. The second kappa shape index (κ2) is 5.53. The highest BCUT2D eigenvalue weighted by molar-refractivity contribution is 5.43. The highest BCUT2D eigenvalue weighted by Gasteiger charge is 2.05. The molecule has 0 radical (unpaired) electrons. The van der Waals surface area contributed by atoms with Crippen molar-refractivity contribution in [3.63, 3.8) is 0 Å². The van der Waals surface area contributed by atoms with Crippen molar-refractivity contribution < 1.29 is 4.74 Å². The first-order valence-electron chi connectivity index (χ1n) is 5.91. The van der Waals surface area contributed by atoms with Gasteiger partial charge in [0.2, 0.25) is 5.88 Å². The molecule has 2 heterocycles. The minimum absolute atomic E-state index is 0.324. The largest absolute Gasteiger partial charge is 0.481 e. The van der Waals surface area contributed by atoms with Crippen LogP contribution in [0.15, 0.2) is 30.7 Å². The molecule has 18 heavy (non-hydrogen) atoms. The fraction of sp³-hybridized carbons (Fsp3) is 0.385. The molecule has 0 fully saturated rings. The van der Waals surface area contributed by atoms with Crippen LogP contribution in [-0.2, 0) is 13.5 Å². The lowest BCUT2D eigenvalue weighted by Crippen LogP contribution is -2.17. The third kappa shape index (κ3) is 3.23.